The van der Waals surface area contributed by atoms with Crippen molar-refractivity contribution in [3.05, 3.63) is 35.4 Å². The smallest absolute Gasteiger partial charge is 0.315 e. The van der Waals surface area contributed by atoms with Crippen LogP contribution in [0.15, 0.2) is 24.3 Å². The van der Waals surface area contributed by atoms with Gasteiger partial charge in [-0.3, -0.25) is 0 Å². The average Bonchev–Trinajstić information content (AvgIpc) is 2.42. The number of benzene rings is 1. The molecular weight excluding hydrogens is 252 g/mol. The van der Waals surface area contributed by atoms with Crippen LogP contribution in [0.4, 0.5) is 4.79 Å². The van der Waals surface area contributed by atoms with Crippen molar-refractivity contribution < 1.29 is 9.90 Å². The molecule has 4 nitrogen and oxygen atoms in total. The Balaban J connectivity index is 1.85. The number of nitrogens with one attached hydrogen (secondary N) is 2. The third-order valence-corrected chi connectivity index (χ3v) is 3.97. The highest BCUT2D eigenvalue weighted by Crippen LogP contribution is 2.18. The van der Waals surface area contributed by atoms with Gasteiger partial charge in [-0.2, -0.15) is 0 Å². The molecule has 0 heterocycles. The van der Waals surface area contributed by atoms with Gasteiger partial charge >= 0.3 is 6.03 Å². The summed E-state index contributed by atoms with van der Waals surface area (Å²) in [6, 6.07) is 7.76. The van der Waals surface area contributed by atoms with E-state index in [9.17, 15) is 9.90 Å². The molecule has 0 aromatic heterocycles. The first kappa shape index (κ1) is 14.9. The maximum atomic E-state index is 12.0. The van der Waals surface area contributed by atoms with Gasteiger partial charge < -0.3 is 15.7 Å². The second-order valence-corrected chi connectivity index (χ2v) is 5.71. The lowest BCUT2D eigenvalue weighted by Crippen LogP contribution is -2.49. The SMILES string of the molecule is Cc1ccc(C(C)NC(=O)NC2CCCCC2O)cc1. The molecule has 20 heavy (non-hydrogen) atoms. The first-order valence-corrected chi connectivity index (χ1v) is 7.38. The van der Waals surface area contributed by atoms with Crippen LogP contribution in [0.25, 0.3) is 0 Å². The molecule has 110 valence electrons. The molecule has 3 atom stereocenters. The molecule has 0 aliphatic heterocycles. The van der Waals surface area contributed by atoms with E-state index in [4.69, 9.17) is 0 Å². The van der Waals surface area contributed by atoms with Crippen LogP contribution >= 0.6 is 0 Å². The van der Waals surface area contributed by atoms with Crippen LogP contribution in [-0.4, -0.2) is 23.3 Å². The summed E-state index contributed by atoms with van der Waals surface area (Å²) in [6.45, 7) is 4.00. The van der Waals surface area contributed by atoms with Crippen molar-refractivity contribution in [3.8, 4) is 0 Å². The molecule has 2 amide bonds. The first-order valence-electron chi connectivity index (χ1n) is 7.38. The molecule has 4 heteroatoms. The van der Waals surface area contributed by atoms with Crippen LogP contribution in [0.2, 0.25) is 0 Å². The Hall–Kier alpha value is -1.55. The number of hydrogen-bond donors (Lipinski definition) is 3. The van der Waals surface area contributed by atoms with E-state index in [2.05, 4.69) is 10.6 Å². The number of urea groups is 1. The summed E-state index contributed by atoms with van der Waals surface area (Å²) in [5, 5.41) is 15.7. The Bertz CT molecular complexity index is 444. The van der Waals surface area contributed by atoms with Gasteiger partial charge in [0.05, 0.1) is 18.2 Å². The van der Waals surface area contributed by atoms with E-state index in [1.165, 1.54) is 5.56 Å². The van der Waals surface area contributed by atoms with E-state index >= 15 is 0 Å². The lowest BCUT2D eigenvalue weighted by Gasteiger charge is -2.29. The van der Waals surface area contributed by atoms with Gasteiger partial charge in [-0.1, -0.05) is 42.7 Å². The maximum Gasteiger partial charge on any atom is 0.315 e. The van der Waals surface area contributed by atoms with Crippen molar-refractivity contribution in [2.24, 2.45) is 0 Å². The molecule has 3 N–H and O–H groups in total. The number of rotatable bonds is 3. The number of carbonyl (C=O) groups is 1. The number of aliphatic hydroxyl groups excluding tert-OH is 1. The quantitative estimate of drug-likeness (QED) is 0.795. The van der Waals surface area contributed by atoms with Crippen molar-refractivity contribution in [1.82, 2.24) is 10.6 Å². The van der Waals surface area contributed by atoms with E-state index in [-0.39, 0.29) is 18.1 Å². The highest BCUT2D eigenvalue weighted by molar-refractivity contribution is 5.74. The zero-order valence-electron chi connectivity index (χ0n) is 12.2. The summed E-state index contributed by atoms with van der Waals surface area (Å²) in [4.78, 5) is 12.0. The van der Waals surface area contributed by atoms with Gasteiger partial charge in [0.15, 0.2) is 0 Å². The Morgan fingerprint density at radius 1 is 1.25 bits per heavy atom. The highest BCUT2D eigenvalue weighted by Gasteiger charge is 2.24. The van der Waals surface area contributed by atoms with E-state index < -0.39 is 6.10 Å². The van der Waals surface area contributed by atoms with Gasteiger partial charge in [0.1, 0.15) is 0 Å². The Kier molecular flexibility index (Phi) is 5.01. The number of amides is 2. The van der Waals surface area contributed by atoms with Gasteiger partial charge in [0, 0.05) is 0 Å². The summed E-state index contributed by atoms with van der Waals surface area (Å²) < 4.78 is 0. The normalized spacial score (nSPS) is 23.9. The van der Waals surface area contributed by atoms with E-state index in [0.29, 0.717) is 0 Å². The zero-order valence-corrected chi connectivity index (χ0v) is 12.2. The third-order valence-electron chi connectivity index (χ3n) is 3.97. The Labute approximate surface area is 120 Å². The lowest BCUT2D eigenvalue weighted by molar-refractivity contribution is 0.0941. The Morgan fingerprint density at radius 2 is 1.90 bits per heavy atom. The predicted octanol–water partition coefficient (Wildman–Crippen LogP) is 2.66. The maximum absolute atomic E-state index is 12.0. The fourth-order valence-electron chi connectivity index (χ4n) is 2.62. The topological polar surface area (TPSA) is 61.4 Å². The van der Waals surface area contributed by atoms with Crippen LogP contribution in [-0.2, 0) is 0 Å². The third kappa shape index (κ3) is 3.97. The zero-order chi connectivity index (χ0) is 14.5. The molecule has 1 saturated carbocycles. The summed E-state index contributed by atoms with van der Waals surface area (Å²) in [6.07, 6.45) is 3.33. The standard InChI is InChI=1S/C16H24N2O2/c1-11-7-9-13(10-8-11)12(2)17-16(20)18-14-5-3-4-6-15(14)19/h7-10,12,14-15,19H,3-6H2,1-2H3,(H2,17,18,20). The van der Waals surface area contributed by atoms with Crippen LogP contribution in [0, 0.1) is 6.92 Å². The molecule has 1 aliphatic rings. The van der Waals surface area contributed by atoms with Crippen molar-refractivity contribution >= 4 is 6.03 Å². The molecule has 1 aliphatic carbocycles. The lowest BCUT2D eigenvalue weighted by atomic mass is 9.93. The molecule has 0 radical (unpaired) electrons. The van der Waals surface area contributed by atoms with Crippen LogP contribution in [0.5, 0.6) is 0 Å². The van der Waals surface area contributed by atoms with Crippen molar-refractivity contribution in [1.29, 1.82) is 0 Å². The molecular formula is C16H24N2O2. The molecule has 1 fully saturated rings. The second-order valence-electron chi connectivity index (χ2n) is 5.71. The number of hydrogen-bond acceptors (Lipinski definition) is 2. The van der Waals surface area contributed by atoms with Gasteiger partial charge in [0.2, 0.25) is 0 Å². The fraction of sp³-hybridized carbons (Fsp3) is 0.562. The molecule has 0 spiro atoms. The second kappa shape index (κ2) is 6.75. The minimum atomic E-state index is -0.413. The Morgan fingerprint density at radius 3 is 2.55 bits per heavy atom. The van der Waals surface area contributed by atoms with Crippen LogP contribution < -0.4 is 10.6 Å². The molecule has 2 rings (SSSR count). The van der Waals surface area contributed by atoms with Gasteiger partial charge in [-0.05, 0) is 32.3 Å². The van der Waals surface area contributed by atoms with Gasteiger partial charge in [0.25, 0.3) is 0 Å². The molecule has 1 aromatic rings. The first-order chi connectivity index (χ1) is 9.56. The van der Waals surface area contributed by atoms with Crippen molar-refractivity contribution in [2.75, 3.05) is 0 Å². The van der Waals surface area contributed by atoms with E-state index in [0.717, 1.165) is 31.2 Å². The molecule has 0 saturated heterocycles. The number of aliphatic hydroxyl groups is 1. The average molecular weight is 276 g/mol. The molecule has 3 unspecified atom stereocenters. The monoisotopic (exact) mass is 276 g/mol. The predicted molar refractivity (Wildman–Crippen MR) is 79.5 cm³/mol. The number of aryl methyl sites for hydroxylation is 1. The largest absolute Gasteiger partial charge is 0.391 e. The number of carbonyl (C=O) groups excluding carboxylic acids is 1. The van der Waals surface area contributed by atoms with Gasteiger partial charge in [-0.25, -0.2) is 4.79 Å². The summed E-state index contributed by atoms with van der Waals surface area (Å²) in [5.41, 5.74) is 2.28. The van der Waals surface area contributed by atoms with E-state index in [1.54, 1.807) is 0 Å². The van der Waals surface area contributed by atoms with Gasteiger partial charge in [-0.15, -0.1) is 0 Å². The summed E-state index contributed by atoms with van der Waals surface area (Å²) >= 11 is 0. The van der Waals surface area contributed by atoms with Crippen LogP contribution in [0.3, 0.4) is 0 Å². The van der Waals surface area contributed by atoms with Crippen molar-refractivity contribution in [3.63, 3.8) is 0 Å². The minimum Gasteiger partial charge on any atom is -0.391 e. The fourth-order valence-corrected chi connectivity index (χ4v) is 2.62. The van der Waals surface area contributed by atoms with Crippen molar-refractivity contribution in [2.45, 2.75) is 57.7 Å². The van der Waals surface area contributed by atoms with E-state index in [1.807, 2.05) is 38.1 Å². The highest BCUT2D eigenvalue weighted by atomic mass is 16.3. The van der Waals surface area contributed by atoms with Crippen LogP contribution in [0.1, 0.15) is 49.8 Å². The molecule has 1 aromatic carbocycles. The molecule has 0 bridgehead atoms. The summed E-state index contributed by atoms with van der Waals surface area (Å²) in [7, 11) is 0. The minimum absolute atomic E-state index is 0.0451. The summed E-state index contributed by atoms with van der Waals surface area (Å²) in [5.74, 6) is 0.